The molecule has 0 saturated heterocycles. The second-order valence-corrected chi connectivity index (χ2v) is 16.9. The minimum atomic E-state index is -5.12. The molecule has 0 heterocycles. The molecule has 0 spiro atoms. The van der Waals surface area contributed by atoms with Gasteiger partial charge >= 0.3 is 19.8 Å². The summed E-state index contributed by atoms with van der Waals surface area (Å²) in [6.07, 6.45) is 27.4. The van der Waals surface area contributed by atoms with Gasteiger partial charge in [-0.1, -0.05) is 133 Å². The molecule has 0 aromatic carbocycles. The maximum atomic E-state index is 12.8. The van der Waals surface area contributed by atoms with Gasteiger partial charge in [0.2, 0.25) is 0 Å². The molecule has 14 heteroatoms. The van der Waals surface area contributed by atoms with Crippen LogP contribution in [-0.2, 0) is 32.7 Å². The van der Waals surface area contributed by atoms with Crippen LogP contribution < -0.4 is 0 Å². The van der Waals surface area contributed by atoms with Gasteiger partial charge in [0, 0.05) is 12.8 Å². The third kappa shape index (κ3) is 28.1. The third-order valence-electron chi connectivity index (χ3n) is 10.2. The second kappa shape index (κ2) is 35.4. The minimum absolute atomic E-state index is 0.0752. The first-order valence-corrected chi connectivity index (χ1v) is 23.9. The van der Waals surface area contributed by atoms with Gasteiger partial charge in [0.05, 0.1) is 6.61 Å². The number of unbranched alkanes of at least 4 members (excludes halogenated alkanes) is 16. The second-order valence-electron chi connectivity index (χ2n) is 15.5. The molecule has 6 N–H and O–H groups in total. The van der Waals surface area contributed by atoms with Crippen LogP contribution >= 0.6 is 7.82 Å². The van der Waals surface area contributed by atoms with Crippen molar-refractivity contribution in [2.75, 3.05) is 13.2 Å². The van der Waals surface area contributed by atoms with E-state index < -0.39 is 75.7 Å². The van der Waals surface area contributed by atoms with Gasteiger partial charge in [-0.2, -0.15) is 0 Å². The molecule has 13 nitrogen and oxygen atoms in total. The van der Waals surface area contributed by atoms with Crippen LogP contribution in [0, 0.1) is 0 Å². The van der Waals surface area contributed by atoms with E-state index in [4.69, 9.17) is 18.5 Å². The van der Waals surface area contributed by atoms with E-state index in [0.717, 1.165) is 83.5 Å². The van der Waals surface area contributed by atoms with Crippen molar-refractivity contribution < 1.29 is 63.1 Å². The lowest BCUT2D eigenvalue weighted by Gasteiger charge is -2.41. The Morgan fingerprint density at radius 1 is 0.542 bits per heavy atom. The van der Waals surface area contributed by atoms with Crippen LogP contribution in [0.5, 0.6) is 0 Å². The standard InChI is InChI=1S/C45H79O13P/c1-3-5-7-9-11-13-15-17-19-21-23-25-27-29-31-33-38(46)55-35-37(36-56-59(53,54)58-45-43(51)41(49)40(48)42(50)44(45)52)57-39(47)34-32-30-28-26-24-22-20-18-16-14-12-10-8-6-4-2/h6,8,12-15,18,20,37,40-45,48-52H,3-5,7,9-11,16-17,19,21-36H2,1-2H3,(H,53,54)/b8-6-,14-12-,15-13-,20-18-/t37-,40?,41-,42?,43?,44?,45?/m1/s1. The first-order chi connectivity index (χ1) is 28.4. The fraction of sp³-hybridized carbons (Fsp3) is 0.778. The predicted molar refractivity (Wildman–Crippen MR) is 230 cm³/mol. The molecule has 0 amide bonds. The Labute approximate surface area is 354 Å². The highest BCUT2D eigenvalue weighted by atomic mass is 31.2. The van der Waals surface area contributed by atoms with E-state index >= 15 is 0 Å². The number of esters is 2. The number of phosphoric ester groups is 1. The normalized spacial score (nSPS) is 22.8. The Balaban J connectivity index is 2.49. The summed E-state index contributed by atoms with van der Waals surface area (Å²) >= 11 is 0. The average molecular weight is 859 g/mol. The van der Waals surface area contributed by atoms with E-state index in [2.05, 4.69) is 62.5 Å². The fourth-order valence-corrected chi connectivity index (χ4v) is 7.50. The van der Waals surface area contributed by atoms with Gasteiger partial charge in [0.15, 0.2) is 6.10 Å². The van der Waals surface area contributed by atoms with Crippen molar-refractivity contribution in [2.45, 2.75) is 211 Å². The Bertz CT molecular complexity index is 1220. The van der Waals surface area contributed by atoms with Crippen molar-refractivity contribution in [1.82, 2.24) is 0 Å². The van der Waals surface area contributed by atoms with Crippen molar-refractivity contribution in [3.63, 3.8) is 0 Å². The van der Waals surface area contributed by atoms with Crippen LogP contribution in [0.3, 0.4) is 0 Å². The molecular formula is C45H79O13P. The largest absolute Gasteiger partial charge is 0.472 e. The predicted octanol–water partition coefficient (Wildman–Crippen LogP) is 8.39. The maximum Gasteiger partial charge on any atom is 0.472 e. The van der Waals surface area contributed by atoms with Gasteiger partial charge in [-0.25, -0.2) is 4.57 Å². The number of carbonyl (C=O) groups excluding carboxylic acids is 2. The molecule has 342 valence electrons. The van der Waals surface area contributed by atoms with Crippen LogP contribution in [0.25, 0.3) is 0 Å². The lowest BCUT2D eigenvalue weighted by Crippen LogP contribution is -2.64. The number of ether oxygens (including phenoxy) is 2. The summed E-state index contributed by atoms with van der Waals surface area (Å²) in [5.74, 6) is -1.13. The van der Waals surface area contributed by atoms with Crippen LogP contribution in [0.15, 0.2) is 48.6 Å². The van der Waals surface area contributed by atoms with E-state index in [0.29, 0.717) is 12.8 Å². The highest BCUT2D eigenvalue weighted by Crippen LogP contribution is 2.47. The van der Waals surface area contributed by atoms with Gasteiger partial charge in [0.25, 0.3) is 0 Å². The monoisotopic (exact) mass is 859 g/mol. The van der Waals surface area contributed by atoms with Crippen molar-refractivity contribution >= 4 is 19.8 Å². The summed E-state index contributed by atoms with van der Waals surface area (Å²) in [5.41, 5.74) is 0. The molecule has 0 aromatic rings. The zero-order valence-electron chi connectivity index (χ0n) is 36.0. The van der Waals surface area contributed by atoms with Crippen molar-refractivity contribution in [1.29, 1.82) is 0 Å². The third-order valence-corrected chi connectivity index (χ3v) is 11.1. The van der Waals surface area contributed by atoms with Gasteiger partial charge < -0.3 is 39.9 Å². The Kier molecular flexibility index (Phi) is 32.9. The molecular weight excluding hydrogens is 779 g/mol. The van der Waals surface area contributed by atoms with E-state index in [1.54, 1.807) is 0 Å². The van der Waals surface area contributed by atoms with Crippen molar-refractivity contribution in [3.8, 4) is 0 Å². The summed E-state index contributed by atoms with van der Waals surface area (Å²) < 4.78 is 33.5. The Morgan fingerprint density at radius 2 is 0.966 bits per heavy atom. The highest BCUT2D eigenvalue weighted by molar-refractivity contribution is 7.47. The first kappa shape index (κ1) is 54.8. The molecule has 6 unspecified atom stereocenters. The van der Waals surface area contributed by atoms with Gasteiger partial charge in [-0.3, -0.25) is 18.6 Å². The zero-order chi connectivity index (χ0) is 43.6. The molecule has 59 heavy (non-hydrogen) atoms. The molecule has 1 aliphatic carbocycles. The highest BCUT2D eigenvalue weighted by Gasteiger charge is 2.51. The molecule has 0 radical (unpaired) electrons. The SMILES string of the molecule is CC/C=C\C/C=C\C/C=C\CCCCCCCC(=O)O[C@H](COC(=O)CCCCCCCCC/C=C\CCCCCC)COP(=O)(O)OC1C(O)C(O)C(O)[C@@H](O)C1O. The number of rotatable bonds is 36. The lowest BCUT2D eigenvalue weighted by atomic mass is 9.85. The van der Waals surface area contributed by atoms with Gasteiger partial charge in [-0.15, -0.1) is 0 Å². The lowest BCUT2D eigenvalue weighted by molar-refractivity contribution is -0.220. The number of carbonyl (C=O) groups is 2. The van der Waals surface area contributed by atoms with E-state index in [-0.39, 0.29) is 12.8 Å². The number of hydrogen-bond donors (Lipinski definition) is 6. The number of hydrogen-bond acceptors (Lipinski definition) is 12. The average Bonchev–Trinajstić information content (AvgIpc) is 3.21. The number of phosphoric acid groups is 1. The zero-order valence-corrected chi connectivity index (χ0v) is 36.9. The molecule has 0 aliphatic heterocycles. The van der Waals surface area contributed by atoms with Gasteiger partial charge in [-0.05, 0) is 70.6 Å². The van der Waals surface area contributed by atoms with E-state index in [1.165, 1.54) is 44.9 Å². The Hall–Kier alpha value is -2.19. The Morgan fingerprint density at radius 3 is 1.49 bits per heavy atom. The maximum absolute atomic E-state index is 12.8. The molecule has 0 aromatic heterocycles. The van der Waals surface area contributed by atoms with Crippen LogP contribution in [0.4, 0.5) is 0 Å². The number of aliphatic hydroxyl groups excluding tert-OH is 5. The summed E-state index contributed by atoms with van der Waals surface area (Å²) in [7, 11) is -5.12. The van der Waals surface area contributed by atoms with Crippen molar-refractivity contribution in [3.05, 3.63) is 48.6 Å². The minimum Gasteiger partial charge on any atom is -0.462 e. The topological polar surface area (TPSA) is 210 Å². The molecule has 1 rings (SSSR count). The smallest absolute Gasteiger partial charge is 0.462 e. The van der Waals surface area contributed by atoms with E-state index in [1.807, 2.05) is 0 Å². The number of aliphatic hydroxyl groups is 5. The number of allylic oxidation sites excluding steroid dienone is 8. The van der Waals surface area contributed by atoms with E-state index in [9.17, 15) is 44.6 Å². The summed E-state index contributed by atoms with van der Waals surface area (Å²) in [6, 6.07) is 0. The van der Waals surface area contributed by atoms with Gasteiger partial charge in [0.1, 0.15) is 43.2 Å². The molecule has 8 atom stereocenters. The van der Waals surface area contributed by atoms with Crippen LogP contribution in [0.2, 0.25) is 0 Å². The molecule has 1 saturated carbocycles. The van der Waals surface area contributed by atoms with Crippen LogP contribution in [-0.4, -0.2) is 98.3 Å². The quantitative estimate of drug-likeness (QED) is 0.0152. The summed E-state index contributed by atoms with van der Waals surface area (Å²) in [5, 5.41) is 50.1. The summed E-state index contributed by atoms with van der Waals surface area (Å²) in [6.45, 7) is 3.15. The van der Waals surface area contributed by atoms with Crippen molar-refractivity contribution in [2.24, 2.45) is 0 Å². The fourth-order valence-electron chi connectivity index (χ4n) is 6.53. The molecule has 0 bridgehead atoms. The first-order valence-electron chi connectivity index (χ1n) is 22.4. The summed E-state index contributed by atoms with van der Waals surface area (Å²) in [4.78, 5) is 35.6. The van der Waals surface area contributed by atoms with Crippen LogP contribution in [0.1, 0.15) is 168 Å². The molecule has 1 aliphatic rings. The molecule has 1 fully saturated rings.